The molecular weight excluding hydrogens is 383 g/mol. The minimum Gasteiger partial charge on any atom is -0.345 e. The molecule has 0 aliphatic carbocycles. The highest BCUT2D eigenvalue weighted by atomic mass is 35.5. The Kier molecular flexibility index (Phi) is 6.35. The van der Waals surface area contributed by atoms with Gasteiger partial charge in [-0.2, -0.15) is 0 Å². The molecule has 1 atom stereocenters. The second-order valence-corrected chi connectivity index (χ2v) is 7.77. The summed E-state index contributed by atoms with van der Waals surface area (Å²) in [5.74, 6) is -1.00. The van der Waals surface area contributed by atoms with E-state index in [1.165, 1.54) is 32.4 Å². The number of hydrogen-bond acceptors (Lipinski definition) is 4. The number of nitrogens with zero attached hydrogens (tertiary/aromatic N) is 1. The van der Waals surface area contributed by atoms with E-state index in [1.54, 1.807) is 25.1 Å². The maximum atomic E-state index is 13.8. The minimum absolute atomic E-state index is 0.0485. The molecule has 26 heavy (non-hydrogen) atoms. The monoisotopic (exact) mass is 400 g/mol. The lowest BCUT2D eigenvalue weighted by molar-refractivity contribution is -0.0258. The summed E-state index contributed by atoms with van der Waals surface area (Å²) in [6, 6.07) is 9.30. The van der Waals surface area contributed by atoms with Crippen LogP contribution in [0.4, 0.5) is 4.39 Å². The van der Waals surface area contributed by atoms with Crippen molar-refractivity contribution in [1.82, 2.24) is 9.79 Å². The van der Waals surface area contributed by atoms with E-state index in [9.17, 15) is 17.6 Å². The van der Waals surface area contributed by atoms with Crippen LogP contribution in [-0.4, -0.2) is 33.0 Å². The molecule has 0 aliphatic rings. The van der Waals surface area contributed by atoms with Crippen LogP contribution in [0.2, 0.25) is 5.02 Å². The van der Waals surface area contributed by atoms with Gasteiger partial charge in [-0.05, 0) is 31.2 Å². The van der Waals surface area contributed by atoms with Gasteiger partial charge in [0, 0.05) is 18.2 Å². The maximum Gasteiger partial charge on any atom is 0.266 e. The van der Waals surface area contributed by atoms with E-state index in [0.717, 1.165) is 6.07 Å². The van der Waals surface area contributed by atoms with Crippen molar-refractivity contribution in [3.05, 3.63) is 64.4 Å². The molecule has 0 saturated carbocycles. The number of benzene rings is 2. The normalized spacial score (nSPS) is 12.8. The average molecular weight is 401 g/mol. The summed E-state index contributed by atoms with van der Waals surface area (Å²) >= 11 is 5.97. The first-order chi connectivity index (χ1) is 12.2. The van der Waals surface area contributed by atoms with Crippen LogP contribution in [-0.2, 0) is 14.9 Å². The maximum absolute atomic E-state index is 13.8. The van der Waals surface area contributed by atoms with Gasteiger partial charge in [0.25, 0.3) is 15.9 Å². The number of sulfonamides is 1. The van der Waals surface area contributed by atoms with E-state index in [2.05, 4.69) is 5.32 Å². The molecule has 0 saturated heterocycles. The lowest BCUT2D eigenvalue weighted by Gasteiger charge is -2.17. The van der Waals surface area contributed by atoms with E-state index in [4.69, 9.17) is 16.4 Å². The van der Waals surface area contributed by atoms with E-state index in [-0.39, 0.29) is 15.5 Å². The Bertz CT molecular complexity index is 921. The second-order valence-electron chi connectivity index (χ2n) is 5.46. The third kappa shape index (κ3) is 4.21. The highest BCUT2D eigenvalue weighted by Crippen LogP contribution is 2.26. The lowest BCUT2D eigenvalue weighted by atomic mass is 10.1. The van der Waals surface area contributed by atoms with Crippen LogP contribution in [0.5, 0.6) is 0 Å². The molecule has 0 bridgehead atoms. The molecule has 2 aromatic carbocycles. The van der Waals surface area contributed by atoms with Crippen LogP contribution in [0.1, 0.15) is 28.9 Å². The van der Waals surface area contributed by atoms with Gasteiger partial charge in [-0.3, -0.25) is 9.63 Å². The molecule has 1 unspecified atom stereocenters. The number of carbonyl (C=O) groups excluding carboxylic acids is 1. The first-order valence-corrected chi connectivity index (χ1v) is 9.38. The number of nitrogens with one attached hydrogen (secondary N) is 1. The zero-order valence-electron chi connectivity index (χ0n) is 14.4. The van der Waals surface area contributed by atoms with E-state index in [0.29, 0.717) is 10.0 Å². The molecule has 0 fully saturated rings. The molecular formula is C17H18ClFN2O4S. The topological polar surface area (TPSA) is 75.7 Å². The standard InChI is InChI=1S/C17H18ClFN2O4S/c1-11(13-6-4-5-7-15(13)19)20-17(22)12-8-9-14(18)16(10-12)26(23,24)21(2)25-3/h4-11H,1-3H3,(H,20,22). The van der Waals surface area contributed by atoms with E-state index >= 15 is 0 Å². The van der Waals surface area contributed by atoms with Gasteiger partial charge < -0.3 is 5.32 Å². The van der Waals surface area contributed by atoms with Crippen molar-refractivity contribution in [1.29, 1.82) is 0 Å². The number of rotatable bonds is 6. The molecule has 2 aromatic rings. The van der Waals surface area contributed by atoms with Crippen LogP contribution < -0.4 is 5.32 Å². The van der Waals surface area contributed by atoms with Crippen LogP contribution in [0.25, 0.3) is 0 Å². The summed E-state index contributed by atoms with van der Waals surface area (Å²) in [4.78, 5) is 16.9. The minimum atomic E-state index is -4.02. The Morgan fingerprint density at radius 3 is 2.54 bits per heavy atom. The Hall–Kier alpha value is -2.00. The van der Waals surface area contributed by atoms with Crippen molar-refractivity contribution < 1.29 is 22.4 Å². The van der Waals surface area contributed by atoms with Crippen molar-refractivity contribution in [2.75, 3.05) is 14.2 Å². The fourth-order valence-corrected chi connectivity index (χ4v) is 3.74. The molecule has 0 aliphatic heterocycles. The summed E-state index contributed by atoms with van der Waals surface area (Å²) in [7, 11) is -1.62. The zero-order chi connectivity index (χ0) is 19.5. The number of hydroxylamine groups is 1. The fourth-order valence-electron chi connectivity index (χ4n) is 2.26. The van der Waals surface area contributed by atoms with Crippen LogP contribution >= 0.6 is 11.6 Å². The molecule has 0 heterocycles. The molecule has 140 valence electrons. The molecule has 0 spiro atoms. The lowest BCUT2D eigenvalue weighted by Crippen LogP contribution is -2.29. The molecule has 1 N–H and O–H groups in total. The first kappa shape index (κ1) is 20.3. The van der Waals surface area contributed by atoms with E-state index in [1.807, 2.05) is 0 Å². The average Bonchev–Trinajstić information content (AvgIpc) is 2.61. The number of amides is 1. The highest BCUT2D eigenvalue weighted by Gasteiger charge is 2.25. The fraction of sp³-hybridized carbons (Fsp3) is 0.235. The zero-order valence-corrected chi connectivity index (χ0v) is 15.9. The Balaban J connectivity index is 2.31. The first-order valence-electron chi connectivity index (χ1n) is 7.56. The van der Waals surface area contributed by atoms with Gasteiger partial charge in [-0.25, -0.2) is 12.8 Å². The number of halogens is 2. The Morgan fingerprint density at radius 2 is 1.92 bits per heavy atom. The second kappa shape index (κ2) is 8.13. The summed E-state index contributed by atoms with van der Waals surface area (Å²) in [6.07, 6.45) is 0. The number of hydrogen-bond donors (Lipinski definition) is 1. The van der Waals surface area contributed by atoms with Crippen molar-refractivity contribution in [2.45, 2.75) is 17.9 Å². The molecule has 0 radical (unpaired) electrons. The summed E-state index contributed by atoms with van der Waals surface area (Å²) in [6.45, 7) is 1.63. The van der Waals surface area contributed by atoms with Gasteiger partial charge in [0.15, 0.2) is 0 Å². The quantitative estimate of drug-likeness (QED) is 0.756. The van der Waals surface area contributed by atoms with Crippen LogP contribution in [0, 0.1) is 5.82 Å². The largest absolute Gasteiger partial charge is 0.345 e. The highest BCUT2D eigenvalue weighted by molar-refractivity contribution is 7.89. The van der Waals surface area contributed by atoms with Gasteiger partial charge >= 0.3 is 0 Å². The summed E-state index contributed by atoms with van der Waals surface area (Å²) < 4.78 is 39.2. The number of carbonyl (C=O) groups is 1. The van der Waals surface area contributed by atoms with Gasteiger partial charge in [-0.15, -0.1) is 0 Å². The van der Waals surface area contributed by atoms with Gasteiger partial charge in [0.05, 0.1) is 18.2 Å². The van der Waals surface area contributed by atoms with Crippen molar-refractivity contribution >= 4 is 27.5 Å². The Morgan fingerprint density at radius 1 is 1.27 bits per heavy atom. The Labute approximate surface area is 156 Å². The third-order valence-electron chi connectivity index (χ3n) is 3.79. The van der Waals surface area contributed by atoms with Crippen molar-refractivity contribution in [3.63, 3.8) is 0 Å². The van der Waals surface area contributed by atoms with Gasteiger partial charge in [-0.1, -0.05) is 34.3 Å². The predicted octanol–water partition coefficient (Wildman–Crippen LogP) is 3.15. The summed E-state index contributed by atoms with van der Waals surface area (Å²) in [5.41, 5.74) is 0.391. The van der Waals surface area contributed by atoms with Crippen molar-refractivity contribution in [3.8, 4) is 0 Å². The molecule has 2 rings (SSSR count). The van der Waals surface area contributed by atoms with Crippen molar-refractivity contribution in [2.24, 2.45) is 0 Å². The molecule has 0 aromatic heterocycles. The smallest absolute Gasteiger partial charge is 0.266 e. The molecule has 1 amide bonds. The SMILES string of the molecule is CON(C)S(=O)(=O)c1cc(C(=O)NC(C)c2ccccc2F)ccc1Cl. The summed E-state index contributed by atoms with van der Waals surface area (Å²) in [5, 5.41) is 2.58. The third-order valence-corrected chi connectivity index (χ3v) is 5.95. The van der Waals surface area contributed by atoms with Crippen LogP contribution in [0.15, 0.2) is 47.4 Å². The van der Waals surface area contributed by atoms with Crippen LogP contribution in [0.3, 0.4) is 0 Å². The molecule has 6 nitrogen and oxygen atoms in total. The predicted molar refractivity (Wildman–Crippen MR) is 95.7 cm³/mol. The van der Waals surface area contributed by atoms with E-state index < -0.39 is 27.8 Å². The molecule has 9 heteroatoms. The van der Waals surface area contributed by atoms with Gasteiger partial charge in [0.1, 0.15) is 10.7 Å². The van der Waals surface area contributed by atoms with Gasteiger partial charge in [0.2, 0.25) is 0 Å².